The Morgan fingerprint density at radius 3 is 2.52 bits per heavy atom. The Hall–Kier alpha value is -3.03. The summed E-state index contributed by atoms with van der Waals surface area (Å²) in [4.78, 5) is 31.9. The van der Waals surface area contributed by atoms with E-state index in [-0.39, 0.29) is 24.1 Å². The van der Waals surface area contributed by atoms with Gasteiger partial charge in [-0.3, -0.25) is 19.1 Å². The van der Waals surface area contributed by atoms with Crippen molar-refractivity contribution in [3.8, 4) is 0 Å². The Morgan fingerprint density at radius 1 is 1.10 bits per heavy atom. The molecule has 0 saturated carbocycles. The highest BCUT2D eigenvalue weighted by atomic mass is 16.3. The van der Waals surface area contributed by atoms with Crippen LogP contribution < -0.4 is 10.9 Å². The Morgan fingerprint density at radius 2 is 1.77 bits per heavy atom. The molecule has 1 aliphatic heterocycles. The predicted octanol–water partition coefficient (Wildman–Crippen LogP) is 1.98. The number of nitrogens with zero attached hydrogens (tertiary/aromatic N) is 3. The number of aliphatic hydroxyl groups excluding tert-OH is 1. The van der Waals surface area contributed by atoms with Crippen LogP contribution >= 0.6 is 0 Å². The topological polar surface area (TPSA) is 87.5 Å². The lowest BCUT2D eigenvalue weighted by Crippen LogP contribution is -2.35. The van der Waals surface area contributed by atoms with E-state index in [1.54, 1.807) is 25.1 Å². The third-order valence-corrected chi connectivity index (χ3v) is 5.83. The van der Waals surface area contributed by atoms with Crippen LogP contribution in [0.5, 0.6) is 0 Å². The van der Waals surface area contributed by atoms with Crippen LogP contribution in [0.1, 0.15) is 29.8 Å². The van der Waals surface area contributed by atoms with Gasteiger partial charge in [-0.15, -0.1) is 0 Å². The van der Waals surface area contributed by atoms with Crippen LogP contribution in [-0.4, -0.2) is 44.7 Å². The smallest absolute Gasteiger partial charge is 0.261 e. The highest BCUT2D eigenvalue weighted by molar-refractivity contribution is 5.79. The summed E-state index contributed by atoms with van der Waals surface area (Å²) in [6.45, 7) is 4.80. The number of para-hydroxylation sites is 1. The molecule has 31 heavy (non-hydrogen) atoms. The maximum absolute atomic E-state index is 12.7. The summed E-state index contributed by atoms with van der Waals surface area (Å²) in [6.07, 6.45) is 1.51. The molecule has 2 N–H and O–H groups in total. The molecule has 7 heteroatoms. The summed E-state index contributed by atoms with van der Waals surface area (Å²) in [7, 11) is 0. The van der Waals surface area contributed by atoms with Crippen LogP contribution in [-0.2, 0) is 24.4 Å². The number of aliphatic hydroxyl groups is 1. The monoisotopic (exact) mass is 420 g/mol. The zero-order chi connectivity index (χ0) is 21.8. The number of amides is 1. The van der Waals surface area contributed by atoms with Crippen LogP contribution in [0, 0.1) is 6.92 Å². The molecule has 1 aliphatic rings. The minimum atomic E-state index is -0.224. The minimum absolute atomic E-state index is 0.0542. The quantitative estimate of drug-likeness (QED) is 0.637. The SMILES string of the molecule is Cc1nc2ccccc2c(=O)n1CC(=O)NCc1ccc(CN2CCC(O)CC2)cc1. The van der Waals surface area contributed by atoms with Crippen molar-refractivity contribution in [2.24, 2.45) is 0 Å². The molecular weight excluding hydrogens is 392 g/mol. The molecule has 0 atom stereocenters. The molecule has 162 valence electrons. The lowest BCUT2D eigenvalue weighted by Gasteiger charge is -2.29. The predicted molar refractivity (Wildman–Crippen MR) is 120 cm³/mol. The maximum Gasteiger partial charge on any atom is 0.261 e. The number of fused-ring (bicyclic) bond motifs is 1. The van der Waals surface area contributed by atoms with E-state index in [2.05, 4.69) is 27.3 Å². The van der Waals surface area contributed by atoms with Crippen molar-refractivity contribution in [1.29, 1.82) is 0 Å². The lowest BCUT2D eigenvalue weighted by molar-refractivity contribution is -0.121. The average molecular weight is 421 g/mol. The molecular formula is C24H28N4O3. The average Bonchev–Trinajstić information content (AvgIpc) is 2.78. The molecule has 3 aromatic rings. The molecule has 0 aliphatic carbocycles. The fourth-order valence-electron chi connectivity index (χ4n) is 3.96. The number of carbonyl (C=O) groups excluding carboxylic acids is 1. The molecule has 1 amide bonds. The first kappa shape index (κ1) is 21.2. The largest absolute Gasteiger partial charge is 0.393 e. The van der Waals surface area contributed by atoms with Gasteiger partial charge in [-0.25, -0.2) is 4.98 Å². The van der Waals surface area contributed by atoms with Gasteiger partial charge in [0, 0.05) is 26.2 Å². The van der Waals surface area contributed by atoms with Crippen molar-refractivity contribution in [1.82, 2.24) is 19.8 Å². The number of piperidine rings is 1. The Balaban J connectivity index is 1.33. The molecule has 4 rings (SSSR count). The number of hydrogen-bond acceptors (Lipinski definition) is 5. The van der Waals surface area contributed by atoms with Gasteiger partial charge in [-0.1, -0.05) is 36.4 Å². The second kappa shape index (κ2) is 9.41. The van der Waals surface area contributed by atoms with Crippen molar-refractivity contribution < 1.29 is 9.90 Å². The van der Waals surface area contributed by atoms with Gasteiger partial charge in [-0.05, 0) is 43.0 Å². The lowest BCUT2D eigenvalue weighted by atomic mass is 10.1. The zero-order valence-electron chi connectivity index (χ0n) is 17.8. The summed E-state index contributed by atoms with van der Waals surface area (Å²) < 4.78 is 1.41. The van der Waals surface area contributed by atoms with Gasteiger partial charge >= 0.3 is 0 Å². The van der Waals surface area contributed by atoms with Crippen LogP contribution in [0.2, 0.25) is 0 Å². The van der Waals surface area contributed by atoms with E-state index in [0.717, 1.165) is 38.0 Å². The summed E-state index contributed by atoms with van der Waals surface area (Å²) in [6, 6.07) is 15.4. The van der Waals surface area contributed by atoms with Crippen LogP contribution in [0.3, 0.4) is 0 Å². The van der Waals surface area contributed by atoms with Gasteiger partial charge in [0.25, 0.3) is 5.56 Å². The third kappa shape index (κ3) is 5.18. The van der Waals surface area contributed by atoms with Crippen molar-refractivity contribution in [3.05, 3.63) is 75.8 Å². The molecule has 0 spiro atoms. The van der Waals surface area contributed by atoms with Gasteiger partial charge in [0.1, 0.15) is 12.4 Å². The van der Waals surface area contributed by atoms with E-state index in [4.69, 9.17) is 0 Å². The number of hydrogen-bond donors (Lipinski definition) is 2. The molecule has 0 unspecified atom stereocenters. The van der Waals surface area contributed by atoms with Gasteiger partial charge in [-0.2, -0.15) is 0 Å². The molecule has 7 nitrogen and oxygen atoms in total. The van der Waals surface area contributed by atoms with E-state index in [1.165, 1.54) is 10.1 Å². The molecule has 2 heterocycles. The van der Waals surface area contributed by atoms with Gasteiger partial charge in [0.05, 0.1) is 17.0 Å². The third-order valence-electron chi connectivity index (χ3n) is 5.83. The molecule has 1 saturated heterocycles. The molecule has 0 bridgehead atoms. The normalized spacial score (nSPS) is 15.3. The van der Waals surface area contributed by atoms with E-state index < -0.39 is 0 Å². The fourth-order valence-corrected chi connectivity index (χ4v) is 3.96. The fraction of sp³-hybridized carbons (Fsp3) is 0.375. The second-order valence-corrected chi connectivity index (χ2v) is 8.17. The molecule has 1 fully saturated rings. The molecule has 0 radical (unpaired) electrons. The van der Waals surface area contributed by atoms with E-state index in [0.29, 0.717) is 23.3 Å². The molecule has 1 aromatic heterocycles. The first-order chi connectivity index (χ1) is 15.0. The van der Waals surface area contributed by atoms with Crippen LogP contribution in [0.4, 0.5) is 0 Å². The van der Waals surface area contributed by atoms with Crippen molar-refractivity contribution in [3.63, 3.8) is 0 Å². The molecule has 2 aromatic carbocycles. The number of aromatic nitrogens is 2. The van der Waals surface area contributed by atoms with E-state index >= 15 is 0 Å². The highest BCUT2D eigenvalue weighted by Crippen LogP contribution is 2.14. The number of nitrogens with one attached hydrogen (secondary N) is 1. The maximum atomic E-state index is 12.7. The minimum Gasteiger partial charge on any atom is -0.393 e. The zero-order valence-corrected chi connectivity index (χ0v) is 17.8. The number of likely N-dealkylation sites (tertiary alicyclic amines) is 1. The van der Waals surface area contributed by atoms with Gasteiger partial charge < -0.3 is 10.4 Å². The summed E-state index contributed by atoms with van der Waals surface area (Å²) in [5.41, 5.74) is 2.66. The van der Waals surface area contributed by atoms with Crippen LogP contribution in [0.25, 0.3) is 10.9 Å². The highest BCUT2D eigenvalue weighted by Gasteiger charge is 2.17. The Bertz CT molecular complexity index is 1120. The van der Waals surface area contributed by atoms with E-state index in [1.807, 2.05) is 18.2 Å². The van der Waals surface area contributed by atoms with Gasteiger partial charge in [0.2, 0.25) is 5.91 Å². The summed E-state index contributed by atoms with van der Waals surface area (Å²) in [5.74, 6) is 0.298. The van der Waals surface area contributed by atoms with Gasteiger partial charge in [0.15, 0.2) is 0 Å². The summed E-state index contributed by atoms with van der Waals surface area (Å²) in [5, 5.41) is 13.0. The number of aryl methyl sites for hydroxylation is 1. The second-order valence-electron chi connectivity index (χ2n) is 8.17. The van der Waals surface area contributed by atoms with Crippen molar-refractivity contribution >= 4 is 16.8 Å². The van der Waals surface area contributed by atoms with Crippen LogP contribution in [0.15, 0.2) is 53.3 Å². The Kier molecular flexibility index (Phi) is 6.44. The number of carbonyl (C=O) groups is 1. The summed E-state index contributed by atoms with van der Waals surface area (Å²) >= 11 is 0. The number of benzene rings is 2. The first-order valence-corrected chi connectivity index (χ1v) is 10.7. The van der Waals surface area contributed by atoms with Crippen molar-refractivity contribution in [2.45, 2.75) is 45.5 Å². The standard InChI is InChI=1S/C24H28N4O3/c1-17-26-22-5-3-2-4-21(22)24(31)28(17)16-23(30)25-14-18-6-8-19(9-7-18)15-27-12-10-20(29)11-13-27/h2-9,20,29H,10-16H2,1H3,(H,25,30). The van der Waals surface area contributed by atoms with E-state index in [9.17, 15) is 14.7 Å². The Labute approximate surface area is 181 Å². The van der Waals surface area contributed by atoms with Crippen molar-refractivity contribution in [2.75, 3.05) is 13.1 Å². The first-order valence-electron chi connectivity index (χ1n) is 10.7. The number of rotatable bonds is 6.